The van der Waals surface area contributed by atoms with E-state index in [0.717, 1.165) is 24.3 Å². The summed E-state index contributed by atoms with van der Waals surface area (Å²) in [5.41, 5.74) is -3.76. The number of hydrogen-bond acceptors (Lipinski definition) is 6. The number of nitro benzene ring substituents is 2. The molecule has 3 aromatic carbocycles. The van der Waals surface area contributed by atoms with E-state index in [4.69, 9.17) is 9.47 Å². The summed E-state index contributed by atoms with van der Waals surface area (Å²) in [6.07, 6.45) is -9.96. The zero-order valence-corrected chi connectivity index (χ0v) is 19.2. The van der Waals surface area contributed by atoms with E-state index in [0.29, 0.717) is 12.1 Å². The molecule has 0 heterocycles. The van der Waals surface area contributed by atoms with Crippen molar-refractivity contribution >= 4 is 11.4 Å². The zero-order chi connectivity index (χ0) is 27.9. The Kier molecular flexibility index (Phi) is 7.06. The number of nitrogens with zero attached hydrogens (tertiary/aromatic N) is 2. The van der Waals surface area contributed by atoms with Crippen LogP contribution in [0.2, 0.25) is 0 Å². The summed E-state index contributed by atoms with van der Waals surface area (Å²) in [7, 11) is 0. The van der Waals surface area contributed by atoms with Crippen molar-refractivity contribution in [2.24, 2.45) is 0 Å². The largest absolute Gasteiger partial charge is 0.456 e. The van der Waals surface area contributed by atoms with Gasteiger partial charge < -0.3 is 9.47 Å². The number of hydrogen-bond donors (Lipinski definition) is 0. The van der Waals surface area contributed by atoms with E-state index in [2.05, 4.69) is 0 Å². The van der Waals surface area contributed by atoms with Crippen molar-refractivity contribution in [1.82, 2.24) is 0 Å². The van der Waals surface area contributed by atoms with Gasteiger partial charge in [0.15, 0.2) is 0 Å². The summed E-state index contributed by atoms with van der Waals surface area (Å²) < 4.78 is 92.1. The van der Waals surface area contributed by atoms with Gasteiger partial charge >= 0.3 is 12.4 Å². The molecular formula is C23H16F6N2O6. The third kappa shape index (κ3) is 5.73. The Balaban J connectivity index is 2.06. The van der Waals surface area contributed by atoms with Crippen LogP contribution in [-0.2, 0) is 12.4 Å². The van der Waals surface area contributed by atoms with Gasteiger partial charge in [-0.1, -0.05) is 0 Å². The molecule has 0 radical (unpaired) electrons. The summed E-state index contributed by atoms with van der Waals surface area (Å²) in [5.74, 6) is -1.60. The van der Waals surface area contributed by atoms with E-state index in [1.807, 2.05) is 0 Å². The van der Waals surface area contributed by atoms with Gasteiger partial charge in [-0.3, -0.25) is 20.2 Å². The highest BCUT2D eigenvalue weighted by Gasteiger charge is 2.38. The van der Waals surface area contributed by atoms with Gasteiger partial charge in [-0.25, -0.2) is 0 Å². The van der Waals surface area contributed by atoms with Gasteiger partial charge in [-0.2, -0.15) is 26.3 Å². The third-order valence-corrected chi connectivity index (χ3v) is 5.37. The van der Waals surface area contributed by atoms with Gasteiger partial charge in [-0.05, 0) is 55.7 Å². The van der Waals surface area contributed by atoms with Crippen LogP contribution in [0.1, 0.15) is 27.8 Å². The van der Waals surface area contributed by atoms with Crippen LogP contribution in [0, 0.1) is 41.0 Å². The highest BCUT2D eigenvalue weighted by Crippen LogP contribution is 2.45. The van der Waals surface area contributed by atoms with Crippen molar-refractivity contribution in [2.75, 3.05) is 0 Å². The third-order valence-electron chi connectivity index (χ3n) is 5.37. The smallest absolute Gasteiger partial charge is 0.420 e. The van der Waals surface area contributed by atoms with Crippen molar-refractivity contribution in [3.05, 3.63) is 90.5 Å². The Labute approximate surface area is 204 Å². The van der Waals surface area contributed by atoms with E-state index >= 15 is 0 Å². The quantitative estimate of drug-likeness (QED) is 0.181. The van der Waals surface area contributed by atoms with Crippen molar-refractivity contribution in [1.29, 1.82) is 0 Å². The number of aryl methyl sites for hydroxylation is 1. The zero-order valence-electron chi connectivity index (χ0n) is 19.2. The van der Waals surface area contributed by atoms with E-state index in [1.165, 1.54) is 26.8 Å². The topological polar surface area (TPSA) is 105 Å². The fourth-order valence-corrected chi connectivity index (χ4v) is 3.40. The molecule has 0 atom stereocenters. The minimum Gasteiger partial charge on any atom is -0.456 e. The van der Waals surface area contributed by atoms with Crippen LogP contribution in [0.15, 0.2) is 42.5 Å². The molecule has 0 aliphatic carbocycles. The van der Waals surface area contributed by atoms with Gasteiger partial charge in [0.2, 0.25) is 0 Å². The standard InChI is InChI=1S/C23H16F6N2O6/c1-11-8-20(36-18-6-4-14(30(32)33)9-16(18)22(24,25)26)12(2)13(3)21(11)37-19-7-5-15(31(34)35)10-17(19)23(27,28)29/h4-10H,1-3H3. The molecule has 0 N–H and O–H groups in total. The Morgan fingerprint density at radius 3 is 1.49 bits per heavy atom. The van der Waals surface area contributed by atoms with Crippen LogP contribution in [0.4, 0.5) is 37.7 Å². The molecule has 0 aliphatic heterocycles. The minimum absolute atomic E-state index is 0.0658. The number of alkyl halides is 6. The average molecular weight is 530 g/mol. The molecule has 8 nitrogen and oxygen atoms in total. The second kappa shape index (κ2) is 9.59. The molecular weight excluding hydrogens is 514 g/mol. The van der Waals surface area contributed by atoms with Crippen LogP contribution >= 0.6 is 0 Å². The molecule has 0 bridgehead atoms. The minimum atomic E-state index is -4.98. The highest BCUT2D eigenvalue weighted by molar-refractivity contribution is 5.57. The molecule has 14 heteroatoms. The number of nitro groups is 2. The summed E-state index contributed by atoms with van der Waals surface area (Å²) in [4.78, 5) is 19.8. The summed E-state index contributed by atoms with van der Waals surface area (Å²) >= 11 is 0. The Hall–Kier alpha value is -4.36. The van der Waals surface area contributed by atoms with E-state index in [9.17, 15) is 46.6 Å². The van der Waals surface area contributed by atoms with E-state index in [-0.39, 0.29) is 28.2 Å². The van der Waals surface area contributed by atoms with Crippen LogP contribution in [0.5, 0.6) is 23.0 Å². The normalized spacial score (nSPS) is 11.8. The van der Waals surface area contributed by atoms with Crippen LogP contribution in [-0.4, -0.2) is 9.85 Å². The molecule has 0 spiro atoms. The average Bonchev–Trinajstić information content (AvgIpc) is 2.78. The van der Waals surface area contributed by atoms with Gasteiger partial charge in [0.25, 0.3) is 11.4 Å². The van der Waals surface area contributed by atoms with Crippen LogP contribution in [0.3, 0.4) is 0 Å². The summed E-state index contributed by atoms with van der Waals surface area (Å²) in [6.45, 7) is 4.27. The Morgan fingerprint density at radius 1 is 0.649 bits per heavy atom. The molecule has 0 amide bonds. The maximum Gasteiger partial charge on any atom is 0.420 e. The van der Waals surface area contributed by atoms with Gasteiger partial charge in [0.05, 0.1) is 9.85 Å². The summed E-state index contributed by atoms with van der Waals surface area (Å²) in [5, 5.41) is 21.8. The monoisotopic (exact) mass is 530 g/mol. The molecule has 0 fully saturated rings. The lowest BCUT2D eigenvalue weighted by molar-refractivity contribution is -0.385. The molecule has 37 heavy (non-hydrogen) atoms. The SMILES string of the molecule is Cc1cc(Oc2ccc([N+](=O)[O-])cc2C(F)(F)F)c(C)c(C)c1Oc1ccc([N+](=O)[O-])cc1C(F)(F)F. The molecule has 196 valence electrons. The predicted octanol–water partition coefficient (Wildman–Crippen LogP) is 8.05. The van der Waals surface area contributed by atoms with Crippen molar-refractivity contribution < 1.29 is 45.7 Å². The predicted molar refractivity (Wildman–Crippen MR) is 117 cm³/mol. The number of non-ortho nitro benzene ring substituents is 2. The molecule has 0 aliphatic rings. The number of halogens is 6. The lowest BCUT2D eigenvalue weighted by Gasteiger charge is -2.20. The first-order chi connectivity index (χ1) is 17.0. The number of benzene rings is 3. The van der Waals surface area contributed by atoms with E-state index < -0.39 is 56.2 Å². The molecule has 3 aromatic rings. The van der Waals surface area contributed by atoms with E-state index in [1.54, 1.807) is 0 Å². The van der Waals surface area contributed by atoms with Gasteiger partial charge in [0.1, 0.15) is 34.1 Å². The molecule has 0 aromatic heterocycles. The fraction of sp³-hybridized carbons (Fsp3) is 0.217. The second-order valence-corrected chi connectivity index (χ2v) is 7.85. The first kappa shape index (κ1) is 27.2. The van der Waals surface area contributed by atoms with Gasteiger partial charge in [-0.15, -0.1) is 0 Å². The number of ether oxygens (including phenoxy) is 2. The lowest BCUT2D eigenvalue weighted by atomic mass is 10.0. The lowest BCUT2D eigenvalue weighted by Crippen LogP contribution is -2.09. The maximum absolute atomic E-state index is 13.5. The molecule has 0 saturated heterocycles. The van der Waals surface area contributed by atoms with Gasteiger partial charge in [0, 0.05) is 24.3 Å². The van der Waals surface area contributed by atoms with Crippen LogP contribution in [0.25, 0.3) is 0 Å². The second-order valence-electron chi connectivity index (χ2n) is 7.85. The van der Waals surface area contributed by atoms with Crippen LogP contribution < -0.4 is 9.47 Å². The Morgan fingerprint density at radius 2 is 1.08 bits per heavy atom. The molecule has 3 rings (SSSR count). The maximum atomic E-state index is 13.5. The molecule has 0 saturated carbocycles. The van der Waals surface area contributed by atoms with Crippen molar-refractivity contribution in [3.8, 4) is 23.0 Å². The van der Waals surface area contributed by atoms with Crippen molar-refractivity contribution in [3.63, 3.8) is 0 Å². The van der Waals surface area contributed by atoms with Crippen molar-refractivity contribution in [2.45, 2.75) is 33.1 Å². The fourth-order valence-electron chi connectivity index (χ4n) is 3.40. The summed E-state index contributed by atoms with van der Waals surface area (Å²) in [6, 6.07) is 5.16. The number of rotatable bonds is 6. The Bertz CT molecular complexity index is 1400. The highest BCUT2D eigenvalue weighted by atomic mass is 19.4. The molecule has 0 unspecified atom stereocenters. The first-order valence-corrected chi connectivity index (χ1v) is 10.2. The first-order valence-electron chi connectivity index (χ1n) is 10.2.